The van der Waals surface area contributed by atoms with Crippen LogP contribution >= 0.6 is 27.5 Å². The van der Waals surface area contributed by atoms with Crippen LogP contribution < -0.4 is 5.32 Å². The average Bonchev–Trinajstić information content (AvgIpc) is 2.34. The number of urea groups is 1. The molecule has 0 atom stereocenters. The summed E-state index contributed by atoms with van der Waals surface area (Å²) in [4.78, 5) is 24.7. The number of likely N-dealkylation sites (N-methyl/N-ethyl adjacent to an activating group) is 1. The molecule has 0 heterocycles. The molecule has 2 N–H and O–H groups in total. The number of halogens is 2. The van der Waals surface area contributed by atoms with Crippen LogP contribution in [0, 0.1) is 0 Å². The van der Waals surface area contributed by atoms with Crippen LogP contribution in [-0.2, 0) is 4.79 Å². The molecule has 1 aromatic carbocycles. The van der Waals surface area contributed by atoms with Crippen molar-refractivity contribution < 1.29 is 14.7 Å². The smallest absolute Gasteiger partial charge is 0.329 e. The van der Waals surface area contributed by atoms with Crippen molar-refractivity contribution in [3.05, 3.63) is 27.7 Å². The number of rotatable bonds is 4. The van der Waals surface area contributed by atoms with Crippen LogP contribution in [-0.4, -0.2) is 34.1 Å². The maximum absolute atomic E-state index is 12.2. The lowest BCUT2D eigenvalue weighted by molar-refractivity contribution is -0.147. The molecule has 110 valence electrons. The van der Waals surface area contributed by atoms with Crippen molar-refractivity contribution in [2.24, 2.45) is 0 Å². The Kier molecular flexibility index (Phi) is 5.42. The number of carboxylic acids is 1. The first-order chi connectivity index (χ1) is 9.20. The van der Waals surface area contributed by atoms with E-state index in [1.54, 1.807) is 25.1 Å². The predicted molar refractivity (Wildman–Crippen MR) is 82.3 cm³/mol. The number of carbonyl (C=O) groups excluding carboxylic acids is 1. The summed E-state index contributed by atoms with van der Waals surface area (Å²) >= 11 is 9.20. The highest BCUT2D eigenvalue weighted by molar-refractivity contribution is 9.10. The maximum Gasteiger partial charge on any atom is 0.329 e. The molecule has 0 aromatic heterocycles. The minimum Gasteiger partial charge on any atom is -0.480 e. The molecule has 0 aliphatic heterocycles. The Labute approximate surface area is 131 Å². The molecule has 0 fully saturated rings. The Morgan fingerprint density at radius 3 is 2.50 bits per heavy atom. The summed E-state index contributed by atoms with van der Waals surface area (Å²) in [5.41, 5.74) is -0.791. The fourth-order valence-electron chi connectivity index (χ4n) is 1.67. The Morgan fingerprint density at radius 2 is 2.05 bits per heavy atom. The molecule has 0 saturated heterocycles. The fraction of sp³-hybridized carbons (Fsp3) is 0.385. The molecule has 0 saturated carbocycles. The monoisotopic (exact) mass is 362 g/mol. The summed E-state index contributed by atoms with van der Waals surface area (Å²) in [7, 11) is 0. The van der Waals surface area contributed by atoms with Gasteiger partial charge in [-0.05, 0) is 54.9 Å². The van der Waals surface area contributed by atoms with Crippen LogP contribution in [0.2, 0.25) is 5.02 Å². The summed E-state index contributed by atoms with van der Waals surface area (Å²) in [6.45, 7) is 4.95. The third-order valence-corrected chi connectivity index (χ3v) is 4.16. The van der Waals surface area contributed by atoms with E-state index >= 15 is 0 Å². The zero-order valence-corrected chi connectivity index (χ0v) is 13.7. The Hall–Kier alpha value is -1.27. The van der Waals surface area contributed by atoms with Crippen LogP contribution in [0.1, 0.15) is 20.8 Å². The largest absolute Gasteiger partial charge is 0.480 e. The molecule has 1 aromatic rings. The third-order valence-electron chi connectivity index (χ3n) is 2.93. The summed E-state index contributed by atoms with van der Waals surface area (Å²) in [5, 5.41) is 12.3. The van der Waals surface area contributed by atoms with Crippen molar-refractivity contribution in [1.29, 1.82) is 0 Å². The summed E-state index contributed by atoms with van der Waals surface area (Å²) in [6, 6.07) is 4.48. The van der Waals surface area contributed by atoms with Gasteiger partial charge in [0.1, 0.15) is 5.54 Å². The van der Waals surface area contributed by atoms with E-state index < -0.39 is 17.5 Å². The number of nitrogens with zero attached hydrogens (tertiary/aromatic N) is 1. The second-order valence-electron chi connectivity index (χ2n) is 4.67. The lowest BCUT2D eigenvalue weighted by atomic mass is 10.0. The molecule has 0 radical (unpaired) electrons. The molecule has 0 spiro atoms. The van der Waals surface area contributed by atoms with Crippen LogP contribution in [0.3, 0.4) is 0 Å². The maximum atomic E-state index is 12.2. The molecule has 5 nitrogen and oxygen atoms in total. The van der Waals surface area contributed by atoms with E-state index in [0.717, 1.165) is 4.47 Å². The number of hydrogen-bond donors (Lipinski definition) is 2. The molecule has 0 unspecified atom stereocenters. The van der Waals surface area contributed by atoms with Crippen molar-refractivity contribution >= 4 is 45.2 Å². The van der Waals surface area contributed by atoms with Gasteiger partial charge >= 0.3 is 12.0 Å². The molecule has 2 amide bonds. The van der Waals surface area contributed by atoms with Gasteiger partial charge in [-0.1, -0.05) is 11.6 Å². The highest BCUT2D eigenvalue weighted by atomic mass is 79.9. The van der Waals surface area contributed by atoms with Gasteiger partial charge in [0.05, 0.1) is 5.02 Å². The zero-order valence-electron chi connectivity index (χ0n) is 11.4. The van der Waals surface area contributed by atoms with Gasteiger partial charge in [0, 0.05) is 16.7 Å². The van der Waals surface area contributed by atoms with E-state index in [9.17, 15) is 14.7 Å². The second kappa shape index (κ2) is 6.45. The number of carbonyl (C=O) groups is 2. The van der Waals surface area contributed by atoms with E-state index in [-0.39, 0.29) is 6.54 Å². The minimum absolute atomic E-state index is 0.273. The van der Waals surface area contributed by atoms with E-state index in [1.807, 2.05) is 0 Å². The quantitative estimate of drug-likeness (QED) is 0.854. The van der Waals surface area contributed by atoms with Crippen molar-refractivity contribution in [1.82, 2.24) is 4.90 Å². The normalized spacial score (nSPS) is 11.1. The lowest BCUT2D eigenvalue weighted by Gasteiger charge is -2.34. The first-order valence-electron chi connectivity index (χ1n) is 5.97. The number of benzene rings is 1. The summed E-state index contributed by atoms with van der Waals surface area (Å²) < 4.78 is 0.718. The standard InChI is InChI=1S/C13H16BrClN2O3/c1-4-17(13(2,3)11(18)19)12(20)16-8-5-6-9(14)10(15)7-8/h5-7H,4H2,1-3H3,(H,16,20)(H,18,19). The van der Waals surface area contributed by atoms with Crippen LogP contribution in [0.5, 0.6) is 0 Å². The third kappa shape index (κ3) is 3.64. The molecule has 0 aliphatic rings. The zero-order chi connectivity index (χ0) is 15.5. The first kappa shape index (κ1) is 16.8. The molecule has 0 aliphatic carbocycles. The van der Waals surface area contributed by atoms with Gasteiger partial charge in [-0.3, -0.25) is 0 Å². The lowest BCUT2D eigenvalue weighted by Crippen LogP contribution is -2.54. The van der Waals surface area contributed by atoms with Crippen molar-refractivity contribution in [3.8, 4) is 0 Å². The van der Waals surface area contributed by atoms with E-state index in [4.69, 9.17) is 11.6 Å². The fourth-order valence-corrected chi connectivity index (χ4v) is 2.10. The van der Waals surface area contributed by atoms with Crippen molar-refractivity contribution in [3.63, 3.8) is 0 Å². The number of hydrogen-bond acceptors (Lipinski definition) is 2. The van der Waals surface area contributed by atoms with Gasteiger partial charge < -0.3 is 15.3 Å². The molecular formula is C13H16BrClN2O3. The number of aliphatic carboxylic acids is 1. The van der Waals surface area contributed by atoms with Crippen molar-refractivity contribution in [2.75, 3.05) is 11.9 Å². The molecular weight excluding hydrogens is 348 g/mol. The van der Waals surface area contributed by atoms with Gasteiger partial charge in [-0.15, -0.1) is 0 Å². The second-order valence-corrected chi connectivity index (χ2v) is 5.93. The highest BCUT2D eigenvalue weighted by Gasteiger charge is 2.36. The van der Waals surface area contributed by atoms with Crippen molar-refractivity contribution in [2.45, 2.75) is 26.3 Å². The average molecular weight is 364 g/mol. The van der Waals surface area contributed by atoms with E-state index in [0.29, 0.717) is 10.7 Å². The topological polar surface area (TPSA) is 69.6 Å². The molecule has 20 heavy (non-hydrogen) atoms. The molecule has 0 bridgehead atoms. The number of carboxylic acid groups (broad SMARTS) is 1. The van der Waals surface area contributed by atoms with E-state index in [1.165, 1.54) is 18.7 Å². The van der Waals surface area contributed by atoms with Crippen LogP contribution in [0.15, 0.2) is 22.7 Å². The predicted octanol–water partition coefficient (Wildman–Crippen LogP) is 3.82. The SMILES string of the molecule is CCN(C(=O)Nc1ccc(Br)c(Cl)c1)C(C)(C)C(=O)O. The van der Waals surface area contributed by atoms with Gasteiger partial charge in [-0.25, -0.2) is 9.59 Å². The molecule has 7 heteroatoms. The van der Waals surface area contributed by atoms with E-state index in [2.05, 4.69) is 21.2 Å². The minimum atomic E-state index is -1.29. The highest BCUT2D eigenvalue weighted by Crippen LogP contribution is 2.26. The molecule has 1 rings (SSSR count). The summed E-state index contributed by atoms with van der Waals surface area (Å²) in [6.07, 6.45) is 0. The summed E-state index contributed by atoms with van der Waals surface area (Å²) in [5.74, 6) is -1.07. The number of amides is 2. The van der Waals surface area contributed by atoms with Gasteiger partial charge in [-0.2, -0.15) is 0 Å². The van der Waals surface area contributed by atoms with Crippen LogP contribution in [0.4, 0.5) is 10.5 Å². The Morgan fingerprint density at radius 1 is 1.45 bits per heavy atom. The number of nitrogens with one attached hydrogen (secondary N) is 1. The first-order valence-corrected chi connectivity index (χ1v) is 7.14. The Balaban J connectivity index is 2.93. The van der Waals surface area contributed by atoms with Gasteiger partial charge in [0.15, 0.2) is 0 Å². The van der Waals surface area contributed by atoms with Gasteiger partial charge in [0.2, 0.25) is 0 Å². The number of anilines is 1. The van der Waals surface area contributed by atoms with Gasteiger partial charge in [0.25, 0.3) is 0 Å². The van der Waals surface area contributed by atoms with Crippen LogP contribution in [0.25, 0.3) is 0 Å². The Bertz CT molecular complexity index is 534.